The topological polar surface area (TPSA) is 77.8 Å². The maximum absolute atomic E-state index is 10.4. The first-order valence-corrected chi connectivity index (χ1v) is 9.80. The zero-order chi connectivity index (χ0) is 19.5. The number of aliphatic carboxylic acids is 1. The van der Waals surface area contributed by atoms with E-state index >= 15 is 0 Å². The van der Waals surface area contributed by atoms with E-state index in [0.717, 1.165) is 32.1 Å². The molecule has 2 unspecified atom stereocenters. The standard InChI is InChI=1S/C22H36O4/c1-2-3-10-15-20(23)16-11-7-5-4-6-8-12-17-21(24)18-13-9-14-19-22(25)26/h5-8,11-12,16-17,20-21,23-24H,2-4,9-10,13-15,18-19H2,1H3,(H,25,26)/b7-5-,8-6-,16-11-,17-12+. The van der Waals surface area contributed by atoms with Gasteiger partial charge in [-0.1, -0.05) is 87.6 Å². The molecular formula is C22H36O4. The van der Waals surface area contributed by atoms with Crippen molar-refractivity contribution in [2.75, 3.05) is 0 Å². The van der Waals surface area contributed by atoms with Crippen LogP contribution in [0.15, 0.2) is 48.6 Å². The molecule has 4 heteroatoms. The lowest BCUT2D eigenvalue weighted by Gasteiger charge is -2.03. The van der Waals surface area contributed by atoms with Crippen molar-refractivity contribution in [1.29, 1.82) is 0 Å². The minimum absolute atomic E-state index is 0.204. The van der Waals surface area contributed by atoms with E-state index in [1.54, 1.807) is 6.08 Å². The molecule has 4 nitrogen and oxygen atoms in total. The van der Waals surface area contributed by atoms with Crippen LogP contribution in [0.2, 0.25) is 0 Å². The number of carbonyl (C=O) groups is 1. The van der Waals surface area contributed by atoms with E-state index in [-0.39, 0.29) is 12.5 Å². The van der Waals surface area contributed by atoms with Gasteiger partial charge in [0.2, 0.25) is 0 Å². The van der Waals surface area contributed by atoms with E-state index in [9.17, 15) is 15.0 Å². The van der Waals surface area contributed by atoms with Crippen LogP contribution < -0.4 is 0 Å². The molecule has 0 aliphatic rings. The minimum Gasteiger partial charge on any atom is -0.481 e. The predicted molar refractivity (Wildman–Crippen MR) is 108 cm³/mol. The van der Waals surface area contributed by atoms with Crippen LogP contribution in [-0.2, 0) is 4.79 Å². The number of carboxylic acid groups (broad SMARTS) is 1. The zero-order valence-electron chi connectivity index (χ0n) is 16.1. The Morgan fingerprint density at radius 2 is 1.35 bits per heavy atom. The molecule has 0 aromatic carbocycles. The lowest BCUT2D eigenvalue weighted by molar-refractivity contribution is -0.137. The van der Waals surface area contributed by atoms with Gasteiger partial charge in [-0.3, -0.25) is 4.79 Å². The van der Waals surface area contributed by atoms with Crippen molar-refractivity contribution in [1.82, 2.24) is 0 Å². The lowest BCUT2D eigenvalue weighted by Crippen LogP contribution is -2.01. The third-order valence-corrected chi connectivity index (χ3v) is 3.93. The SMILES string of the molecule is CCCCCC(O)/C=C\C=C/C/C=C\C=C\C(O)CCCCCC(=O)O. The second-order valence-electron chi connectivity index (χ2n) is 6.49. The second-order valence-corrected chi connectivity index (χ2v) is 6.49. The van der Waals surface area contributed by atoms with Crippen molar-refractivity contribution in [3.63, 3.8) is 0 Å². The molecule has 148 valence electrons. The van der Waals surface area contributed by atoms with E-state index < -0.39 is 12.1 Å². The Hall–Kier alpha value is -1.65. The Morgan fingerprint density at radius 3 is 1.85 bits per heavy atom. The molecule has 0 aliphatic carbocycles. The summed E-state index contributed by atoms with van der Waals surface area (Å²) in [4.78, 5) is 10.4. The summed E-state index contributed by atoms with van der Waals surface area (Å²) in [6.07, 6.45) is 22.5. The van der Waals surface area contributed by atoms with E-state index in [4.69, 9.17) is 5.11 Å². The smallest absolute Gasteiger partial charge is 0.303 e. The fourth-order valence-corrected chi connectivity index (χ4v) is 2.38. The van der Waals surface area contributed by atoms with Crippen molar-refractivity contribution >= 4 is 5.97 Å². The van der Waals surface area contributed by atoms with Gasteiger partial charge in [-0.25, -0.2) is 0 Å². The van der Waals surface area contributed by atoms with Crippen LogP contribution in [0.5, 0.6) is 0 Å². The highest BCUT2D eigenvalue weighted by molar-refractivity contribution is 5.66. The number of aliphatic hydroxyl groups excluding tert-OH is 2. The summed E-state index contributed by atoms with van der Waals surface area (Å²) in [5.41, 5.74) is 0. The third kappa shape index (κ3) is 18.7. The first kappa shape index (κ1) is 24.4. The third-order valence-electron chi connectivity index (χ3n) is 3.93. The number of hydrogen-bond donors (Lipinski definition) is 3. The number of carboxylic acids is 1. The molecule has 0 saturated carbocycles. The number of unbranched alkanes of at least 4 members (excludes halogenated alkanes) is 4. The van der Waals surface area contributed by atoms with Crippen LogP contribution in [0.1, 0.15) is 71.1 Å². The highest BCUT2D eigenvalue weighted by Crippen LogP contribution is 2.07. The van der Waals surface area contributed by atoms with Crippen LogP contribution in [0.3, 0.4) is 0 Å². The quantitative estimate of drug-likeness (QED) is 0.268. The molecule has 0 fully saturated rings. The highest BCUT2D eigenvalue weighted by atomic mass is 16.4. The monoisotopic (exact) mass is 364 g/mol. The van der Waals surface area contributed by atoms with E-state index in [0.29, 0.717) is 12.8 Å². The summed E-state index contributed by atoms with van der Waals surface area (Å²) >= 11 is 0. The van der Waals surface area contributed by atoms with Gasteiger partial charge in [0.25, 0.3) is 0 Å². The maximum atomic E-state index is 10.4. The van der Waals surface area contributed by atoms with Gasteiger partial charge in [-0.15, -0.1) is 0 Å². The largest absolute Gasteiger partial charge is 0.481 e. The second kappa shape index (κ2) is 18.2. The van der Waals surface area contributed by atoms with Gasteiger partial charge in [0.15, 0.2) is 0 Å². The first-order chi connectivity index (χ1) is 12.6. The molecule has 0 saturated heterocycles. The molecule has 0 amide bonds. The fraction of sp³-hybridized carbons (Fsp3) is 0.591. The molecule has 0 rings (SSSR count). The van der Waals surface area contributed by atoms with Crippen LogP contribution in [0.4, 0.5) is 0 Å². The van der Waals surface area contributed by atoms with E-state index in [1.165, 1.54) is 12.8 Å². The molecule has 0 bridgehead atoms. The molecule has 0 spiro atoms. The molecule has 26 heavy (non-hydrogen) atoms. The molecule has 0 aromatic rings. The van der Waals surface area contributed by atoms with Crippen LogP contribution in [0, 0.1) is 0 Å². The zero-order valence-corrected chi connectivity index (χ0v) is 16.1. The molecule has 2 atom stereocenters. The van der Waals surface area contributed by atoms with Crippen LogP contribution in [-0.4, -0.2) is 33.5 Å². The summed E-state index contributed by atoms with van der Waals surface area (Å²) in [5.74, 6) is -0.761. The molecule has 0 radical (unpaired) electrons. The van der Waals surface area contributed by atoms with Gasteiger partial charge >= 0.3 is 5.97 Å². The molecule has 3 N–H and O–H groups in total. The van der Waals surface area contributed by atoms with E-state index in [1.807, 2.05) is 42.5 Å². The summed E-state index contributed by atoms with van der Waals surface area (Å²) in [6, 6.07) is 0. The summed E-state index contributed by atoms with van der Waals surface area (Å²) in [6.45, 7) is 2.15. The fourth-order valence-electron chi connectivity index (χ4n) is 2.38. The van der Waals surface area contributed by atoms with E-state index in [2.05, 4.69) is 6.92 Å². The van der Waals surface area contributed by atoms with Gasteiger partial charge in [0, 0.05) is 6.42 Å². The Morgan fingerprint density at radius 1 is 0.808 bits per heavy atom. The Labute approximate surface area is 158 Å². The van der Waals surface area contributed by atoms with Crippen molar-refractivity contribution < 1.29 is 20.1 Å². The van der Waals surface area contributed by atoms with Crippen LogP contribution in [0.25, 0.3) is 0 Å². The van der Waals surface area contributed by atoms with Gasteiger partial charge in [0.1, 0.15) is 0 Å². The van der Waals surface area contributed by atoms with Crippen molar-refractivity contribution in [3.8, 4) is 0 Å². The number of aliphatic hydroxyl groups is 2. The Bertz CT molecular complexity index is 449. The number of allylic oxidation sites excluding steroid dienone is 6. The average Bonchev–Trinajstić information content (AvgIpc) is 2.60. The maximum Gasteiger partial charge on any atom is 0.303 e. The average molecular weight is 365 g/mol. The van der Waals surface area contributed by atoms with Gasteiger partial charge in [-0.2, -0.15) is 0 Å². The Kier molecular flexibility index (Phi) is 17.0. The van der Waals surface area contributed by atoms with Crippen molar-refractivity contribution in [2.24, 2.45) is 0 Å². The number of rotatable bonds is 16. The highest BCUT2D eigenvalue weighted by Gasteiger charge is 2.00. The van der Waals surface area contributed by atoms with Crippen LogP contribution >= 0.6 is 0 Å². The van der Waals surface area contributed by atoms with Gasteiger partial charge in [0.05, 0.1) is 12.2 Å². The Balaban J connectivity index is 3.71. The normalized spacial score (nSPS) is 14.9. The molecule has 0 aromatic heterocycles. The van der Waals surface area contributed by atoms with Gasteiger partial charge < -0.3 is 15.3 Å². The minimum atomic E-state index is -0.761. The van der Waals surface area contributed by atoms with Gasteiger partial charge in [-0.05, 0) is 25.7 Å². The molecular weight excluding hydrogens is 328 g/mol. The first-order valence-electron chi connectivity index (χ1n) is 9.80. The van der Waals surface area contributed by atoms with Crippen molar-refractivity contribution in [3.05, 3.63) is 48.6 Å². The summed E-state index contributed by atoms with van der Waals surface area (Å²) < 4.78 is 0. The van der Waals surface area contributed by atoms with Crippen molar-refractivity contribution in [2.45, 2.75) is 83.3 Å². The predicted octanol–water partition coefficient (Wildman–Crippen LogP) is 4.94. The molecule has 0 heterocycles. The lowest BCUT2D eigenvalue weighted by atomic mass is 10.1. The number of hydrogen-bond acceptors (Lipinski definition) is 3. The molecule has 0 aliphatic heterocycles. The summed E-state index contributed by atoms with van der Waals surface area (Å²) in [5, 5.41) is 28.0. The summed E-state index contributed by atoms with van der Waals surface area (Å²) in [7, 11) is 0.